The Morgan fingerprint density at radius 3 is 2.71 bits per heavy atom. The SMILES string of the molecule is COc1ccc(C2SCC(=O)N2CCCN2CCCCC2C)cc1. The van der Waals surface area contributed by atoms with E-state index in [1.54, 1.807) is 18.9 Å². The molecule has 2 aliphatic rings. The molecule has 1 aromatic rings. The van der Waals surface area contributed by atoms with Crippen molar-refractivity contribution in [1.82, 2.24) is 9.80 Å². The monoisotopic (exact) mass is 348 g/mol. The fourth-order valence-corrected chi connectivity index (χ4v) is 4.89. The lowest BCUT2D eigenvalue weighted by molar-refractivity contribution is -0.128. The Labute approximate surface area is 149 Å². The van der Waals surface area contributed by atoms with E-state index in [9.17, 15) is 4.79 Å². The third-order valence-electron chi connectivity index (χ3n) is 5.15. The maximum atomic E-state index is 12.3. The van der Waals surface area contributed by atoms with Crippen molar-refractivity contribution < 1.29 is 9.53 Å². The molecule has 0 radical (unpaired) electrons. The first-order chi connectivity index (χ1) is 11.7. The Hall–Kier alpha value is -1.20. The summed E-state index contributed by atoms with van der Waals surface area (Å²) in [5.74, 6) is 1.72. The average molecular weight is 349 g/mol. The summed E-state index contributed by atoms with van der Waals surface area (Å²) in [6.07, 6.45) is 5.05. The van der Waals surface area contributed by atoms with Crippen molar-refractivity contribution in [3.05, 3.63) is 29.8 Å². The molecule has 0 N–H and O–H groups in total. The Morgan fingerprint density at radius 1 is 1.21 bits per heavy atom. The third-order valence-corrected chi connectivity index (χ3v) is 6.41. The molecule has 1 aromatic carbocycles. The molecule has 5 heteroatoms. The molecule has 3 rings (SSSR count). The molecule has 4 nitrogen and oxygen atoms in total. The second-order valence-electron chi connectivity index (χ2n) is 6.76. The molecule has 0 spiro atoms. The predicted octanol–water partition coefficient (Wildman–Crippen LogP) is 3.53. The first-order valence-corrected chi connectivity index (χ1v) is 10.0. The summed E-state index contributed by atoms with van der Waals surface area (Å²) >= 11 is 1.73. The summed E-state index contributed by atoms with van der Waals surface area (Å²) in [7, 11) is 1.68. The van der Waals surface area contributed by atoms with Crippen LogP contribution < -0.4 is 4.74 Å². The molecule has 2 atom stereocenters. The molecule has 2 aliphatic heterocycles. The lowest BCUT2D eigenvalue weighted by Crippen LogP contribution is -2.39. The zero-order chi connectivity index (χ0) is 16.9. The smallest absolute Gasteiger partial charge is 0.233 e. The average Bonchev–Trinajstić information content (AvgIpc) is 2.97. The van der Waals surface area contributed by atoms with E-state index in [1.807, 2.05) is 12.1 Å². The summed E-state index contributed by atoms with van der Waals surface area (Å²) in [6, 6.07) is 8.81. The zero-order valence-corrected chi connectivity index (χ0v) is 15.6. The number of piperidine rings is 1. The van der Waals surface area contributed by atoms with Crippen molar-refractivity contribution in [3.8, 4) is 5.75 Å². The van der Waals surface area contributed by atoms with E-state index in [2.05, 4.69) is 28.9 Å². The number of methoxy groups -OCH3 is 1. The van der Waals surface area contributed by atoms with Gasteiger partial charge in [-0.15, -0.1) is 11.8 Å². The van der Waals surface area contributed by atoms with E-state index < -0.39 is 0 Å². The third kappa shape index (κ3) is 4.06. The number of benzene rings is 1. The lowest BCUT2D eigenvalue weighted by Gasteiger charge is -2.34. The van der Waals surface area contributed by atoms with E-state index in [1.165, 1.54) is 31.4 Å². The summed E-state index contributed by atoms with van der Waals surface area (Å²) in [5, 5.41) is 0.155. The number of thioether (sulfide) groups is 1. The summed E-state index contributed by atoms with van der Waals surface area (Å²) in [6.45, 7) is 5.50. The molecule has 2 heterocycles. The lowest BCUT2D eigenvalue weighted by atomic mass is 10.0. The van der Waals surface area contributed by atoms with Gasteiger partial charge in [0, 0.05) is 19.1 Å². The number of nitrogens with zero attached hydrogens (tertiary/aromatic N) is 2. The fourth-order valence-electron chi connectivity index (χ4n) is 3.67. The number of ether oxygens (including phenoxy) is 1. The topological polar surface area (TPSA) is 32.8 Å². The van der Waals surface area contributed by atoms with Crippen LogP contribution in [-0.4, -0.2) is 54.2 Å². The highest BCUT2D eigenvalue weighted by molar-refractivity contribution is 8.00. The molecule has 1 amide bonds. The van der Waals surface area contributed by atoms with Crippen LogP contribution in [0.25, 0.3) is 0 Å². The molecule has 24 heavy (non-hydrogen) atoms. The van der Waals surface area contributed by atoms with Crippen molar-refractivity contribution in [2.75, 3.05) is 32.5 Å². The van der Waals surface area contributed by atoms with Crippen molar-refractivity contribution in [1.29, 1.82) is 0 Å². The van der Waals surface area contributed by atoms with Gasteiger partial charge in [-0.1, -0.05) is 18.6 Å². The van der Waals surface area contributed by atoms with Crippen LogP contribution in [0.15, 0.2) is 24.3 Å². The highest BCUT2D eigenvalue weighted by atomic mass is 32.2. The second kappa shape index (κ2) is 8.26. The summed E-state index contributed by atoms with van der Waals surface area (Å²) in [5.41, 5.74) is 1.19. The molecule has 2 unspecified atom stereocenters. The van der Waals surface area contributed by atoms with Crippen LogP contribution >= 0.6 is 11.8 Å². The van der Waals surface area contributed by atoms with E-state index in [0.29, 0.717) is 11.8 Å². The van der Waals surface area contributed by atoms with Crippen molar-refractivity contribution >= 4 is 17.7 Å². The maximum absolute atomic E-state index is 12.3. The summed E-state index contributed by atoms with van der Waals surface area (Å²) in [4.78, 5) is 16.9. The first-order valence-electron chi connectivity index (χ1n) is 8.98. The maximum Gasteiger partial charge on any atom is 0.233 e. The molecule has 2 saturated heterocycles. The van der Waals surface area contributed by atoms with Gasteiger partial charge in [-0.2, -0.15) is 0 Å². The number of likely N-dealkylation sites (tertiary alicyclic amines) is 1. The molecule has 0 aromatic heterocycles. The van der Waals surface area contributed by atoms with Crippen molar-refractivity contribution in [2.24, 2.45) is 0 Å². The highest BCUT2D eigenvalue weighted by Crippen LogP contribution is 2.39. The molecular formula is C19H28N2O2S. The molecule has 2 fully saturated rings. The van der Waals surface area contributed by atoms with Gasteiger partial charge in [0.25, 0.3) is 0 Å². The van der Waals surface area contributed by atoms with Crippen LogP contribution in [0, 0.1) is 0 Å². The number of hydrogen-bond donors (Lipinski definition) is 0. The van der Waals surface area contributed by atoms with Crippen molar-refractivity contribution in [2.45, 2.75) is 44.0 Å². The van der Waals surface area contributed by atoms with Crippen LogP contribution in [0.1, 0.15) is 43.5 Å². The van der Waals surface area contributed by atoms with Gasteiger partial charge in [-0.05, 0) is 50.4 Å². The van der Waals surface area contributed by atoms with Crippen LogP contribution in [0.3, 0.4) is 0 Å². The number of hydrogen-bond acceptors (Lipinski definition) is 4. The Balaban J connectivity index is 1.56. The zero-order valence-electron chi connectivity index (χ0n) is 14.7. The van der Waals surface area contributed by atoms with Gasteiger partial charge in [0.05, 0.1) is 12.9 Å². The molecule has 0 bridgehead atoms. The van der Waals surface area contributed by atoms with Crippen LogP contribution in [0.2, 0.25) is 0 Å². The van der Waals surface area contributed by atoms with Crippen LogP contribution in [0.4, 0.5) is 0 Å². The van der Waals surface area contributed by atoms with Gasteiger partial charge in [-0.3, -0.25) is 4.79 Å². The van der Waals surface area contributed by atoms with E-state index in [4.69, 9.17) is 4.74 Å². The van der Waals surface area contributed by atoms with Gasteiger partial charge in [-0.25, -0.2) is 0 Å². The van der Waals surface area contributed by atoms with Crippen molar-refractivity contribution in [3.63, 3.8) is 0 Å². The van der Waals surface area contributed by atoms with E-state index in [0.717, 1.165) is 25.3 Å². The summed E-state index contributed by atoms with van der Waals surface area (Å²) < 4.78 is 5.23. The fraction of sp³-hybridized carbons (Fsp3) is 0.632. The first kappa shape index (κ1) is 17.6. The number of amides is 1. The normalized spacial score (nSPS) is 25.2. The molecular weight excluding hydrogens is 320 g/mol. The number of carbonyl (C=O) groups is 1. The van der Waals surface area contributed by atoms with Gasteiger partial charge in [0.2, 0.25) is 5.91 Å². The largest absolute Gasteiger partial charge is 0.497 e. The van der Waals surface area contributed by atoms with Gasteiger partial charge >= 0.3 is 0 Å². The molecule has 0 aliphatic carbocycles. The number of carbonyl (C=O) groups excluding carboxylic acids is 1. The Morgan fingerprint density at radius 2 is 2.00 bits per heavy atom. The van der Waals surface area contributed by atoms with Gasteiger partial charge in [0.1, 0.15) is 11.1 Å². The molecule has 132 valence electrons. The Bertz CT molecular complexity index is 549. The minimum Gasteiger partial charge on any atom is -0.497 e. The molecule has 0 saturated carbocycles. The predicted molar refractivity (Wildman–Crippen MR) is 99.4 cm³/mol. The van der Waals surface area contributed by atoms with Gasteiger partial charge in [0.15, 0.2) is 0 Å². The van der Waals surface area contributed by atoms with E-state index >= 15 is 0 Å². The van der Waals surface area contributed by atoms with E-state index in [-0.39, 0.29) is 11.3 Å². The number of rotatable bonds is 6. The highest BCUT2D eigenvalue weighted by Gasteiger charge is 2.32. The Kier molecular flexibility index (Phi) is 6.06. The minimum atomic E-state index is 0.155. The van der Waals surface area contributed by atoms with Crippen LogP contribution in [0.5, 0.6) is 5.75 Å². The quantitative estimate of drug-likeness (QED) is 0.787. The minimum absolute atomic E-state index is 0.155. The van der Waals surface area contributed by atoms with Gasteiger partial charge < -0.3 is 14.5 Å². The second-order valence-corrected chi connectivity index (χ2v) is 7.83. The van der Waals surface area contributed by atoms with Crippen LogP contribution in [-0.2, 0) is 4.79 Å². The standard InChI is InChI=1S/C19H28N2O2S/c1-15-6-3-4-11-20(15)12-5-13-21-18(22)14-24-19(21)16-7-9-17(23-2)10-8-16/h7-10,15,19H,3-6,11-14H2,1-2H3.